The van der Waals surface area contributed by atoms with Gasteiger partial charge in [-0.1, -0.05) is 48.5 Å². The number of nitrogens with zero attached hydrogens (tertiary/aromatic N) is 1. The molecule has 3 N–H and O–H groups in total. The van der Waals surface area contributed by atoms with E-state index in [0.29, 0.717) is 0 Å². The number of aromatic amines is 2. The first-order valence-corrected chi connectivity index (χ1v) is 11.1. The molecular formula is C28H26N4. The maximum absolute atomic E-state index is 5.23. The first kappa shape index (κ1) is 18.9. The molecule has 0 saturated carbocycles. The number of fused-ring (bicyclic) bond motifs is 3. The first-order valence-electron chi connectivity index (χ1n) is 11.1. The van der Waals surface area contributed by atoms with Crippen LogP contribution in [0, 0.1) is 13.8 Å². The Morgan fingerprint density at radius 2 is 1.38 bits per heavy atom. The van der Waals surface area contributed by atoms with Crippen molar-refractivity contribution in [3.8, 4) is 0 Å². The normalized spacial score (nSPS) is 18.3. The molecule has 0 spiro atoms. The van der Waals surface area contributed by atoms with Crippen LogP contribution in [0.5, 0.6) is 0 Å². The van der Waals surface area contributed by atoms with Crippen molar-refractivity contribution in [2.75, 3.05) is 5.32 Å². The predicted molar refractivity (Wildman–Crippen MR) is 134 cm³/mol. The van der Waals surface area contributed by atoms with Crippen molar-refractivity contribution >= 4 is 38.9 Å². The average molecular weight is 419 g/mol. The highest BCUT2D eigenvalue weighted by Gasteiger charge is 2.36. The van der Waals surface area contributed by atoms with Gasteiger partial charge in [-0.3, -0.25) is 4.99 Å². The van der Waals surface area contributed by atoms with E-state index >= 15 is 0 Å². The number of aromatic nitrogens is 2. The van der Waals surface area contributed by atoms with E-state index in [9.17, 15) is 0 Å². The highest BCUT2D eigenvalue weighted by Crippen LogP contribution is 2.43. The van der Waals surface area contributed by atoms with Gasteiger partial charge in [0, 0.05) is 50.7 Å². The maximum Gasteiger partial charge on any atom is 0.0864 e. The highest BCUT2D eigenvalue weighted by atomic mass is 15.0. The first-order chi connectivity index (χ1) is 15.5. The second-order valence-electron chi connectivity index (χ2n) is 9.05. The summed E-state index contributed by atoms with van der Waals surface area (Å²) in [5.41, 5.74) is 9.99. The van der Waals surface area contributed by atoms with Crippen molar-refractivity contribution in [1.82, 2.24) is 9.97 Å². The predicted octanol–water partition coefficient (Wildman–Crippen LogP) is 7.12. The van der Waals surface area contributed by atoms with Gasteiger partial charge in [0.25, 0.3) is 0 Å². The van der Waals surface area contributed by atoms with Crippen LogP contribution in [-0.4, -0.2) is 15.7 Å². The minimum atomic E-state index is -0.333. The topological polar surface area (TPSA) is 56.0 Å². The zero-order valence-corrected chi connectivity index (χ0v) is 18.6. The van der Waals surface area contributed by atoms with Gasteiger partial charge in [0.2, 0.25) is 0 Å². The van der Waals surface area contributed by atoms with E-state index in [-0.39, 0.29) is 5.54 Å². The van der Waals surface area contributed by atoms with E-state index in [1.807, 2.05) is 0 Å². The van der Waals surface area contributed by atoms with Crippen molar-refractivity contribution in [2.45, 2.75) is 32.7 Å². The maximum atomic E-state index is 5.23. The molecule has 3 aromatic carbocycles. The zero-order chi connectivity index (χ0) is 21.9. The van der Waals surface area contributed by atoms with E-state index < -0.39 is 0 Å². The fraction of sp³-hybridized carbons (Fsp3) is 0.179. The van der Waals surface area contributed by atoms with Crippen LogP contribution in [0.4, 0.5) is 11.4 Å². The molecule has 0 saturated heterocycles. The van der Waals surface area contributed by atoms with Crippen molar-refractivity contribution in [3.05, 3.63) is 95.3 Å². The molecule has 1 aliphatic heterocycles. The third-order valence-electron chi connectivity index (χ3n) is 6.72. The number of para-hydroxylation sites is 4. The van der Waals surface area contributed by atoms with Gasteiger partial charge in [-0.15, -0.1) is 0 Å². The smallest absolute Gasteiger partial charge is 0.0864 e. The lowest BCUT2D eigenvalue weighted by Crippen LogP contribution is -2.34. The molecular weight excluding hydrogens is 392 g/mol. The van der Waals surface area contributed by atoms with E-state index in [1.54, 1.807) is 0 Å². The Hall–Kier alpha value is -3.79. The lowest BCUT2D eigenvalue weighted by Gasteiger charge is -2.32. The van der Waals surface area contributed by atoms with Gasteiger partial charge < -0.3 is 15.3 Å². The van der Waals surface area contributed by atoms with Gasteiger partial charge in [-0.25, -0.2) is 0 Å². The third kappa shape index (κ3) is 2.79. The number of nitrogens with one attached hydrogen (secondary N) is 3. The molecule has 32 heavy (non-hydrogen) atoms. The zero-order valence-electron chi connectivity index (χ0n) is 18.6. The molecule has 0 amide bonds. The van der Waals surface area contributed by atoms with Gasteiger partial charge in [-0.2, -0.15) is 0 Å². The summed E-state index contributed by atoms with van der Waals surface area (Å²) in [4.78, 5) is 12.4. The molecule has 4 nitrogen and oxygen atoms in total. The number of benzene rings is 3. The number of anilines is 1. The van der Waals surface area contributed by atoms with Crippen LogP contribution in [-0.2, 0) is 5.54 Å². The Balaban J connectivity index is 1.62. The van der Waals surface area contributed by atoms with E-state index in [1.165, 1.54) is 33.1 Å². The molecule has 6 rings (SSSR count). The lowest BCUT2D eigenvalue weighted by atomic mass is 9.83. The summed E-state index contributed by atoms with van der Waals surface area (Å²) >= 11 is 0. The van der Waals surface area contributed by atoms with Crippen molar-refractivity contribution < 1.29 is 0 Å². The SMILES string of the molecule is Cc1[nH]c2ccccc2c1C1=Nc2ccccc2N[C@@](C)(c2c(C)[nH]c3ccccc23)C1. The van der Waals surface area contributed by atoms with Crippen molar-refractivity contribution in [1.29, 1.82) is 0 Å². The molecule has 0 fully saturated rings. The number of hydrogen-bond donors (Lipinski definition) is 3. The van der Waals surface area contributed by atoms with Crippen molar-refractivity contribution in [3.63, 3.8) is 0 Å². The van der Waals surface area contributed by atoms with Crippen LogP contribution < -0.4 is 5.32 Å². The minimum Gasteiger partial charge on any atom is -0.374 e. The number of rotatable bonds is 2. The summed E-state index contributed by atoms with van der Waals surface area (Å²) < 4.78 is 0. The fourth-order valence-electron chi connectivity index (χ4n) is 5.47. The molecule has 158 valence electrons. The summed E-state index contributed by atoms with van der Waals surface area (Å²) in [6.07, 6.45) is 0.771. The Bertz CT molecular complexity index is 1520. The number of aliphatic imine (C=N–C) groups is 1. The highest BCUT2D eigenvalue weighted by molar-refractivity contribution is 6.14. The minimum absolute atomic E-state index is 0.333. The van der Waals surface area contributed by atoms with Crippen LogP contribution in [0.15, 0.2) is 77.8 Å². The summed E-state index contributed by atoms with van der Waals surface area (Å²) in [7, 11) is 0. The van der Waals surface area contributed by atoms with Crippen LogP contribution in [0.25, 0.3) is 21.8 Å². The molecule has 2 aromatic heterocycles. The van der Waals surface area contributed by atoms with Gasteiger partial charge in [0.15, 0.2) is 0 Å². The molecule has 0 bridgehead atoms. The molecule has 0 aliphatic carbocycles. The number of aryl methyl sites for hydroxylation is 2. The van der Waals surface area contributed by atoms with Gasteiger partial charge in [0.05, 0.1) is 22.6 Å². The standard InChI is InChI=1S/C28H26N4/c1-17-26(19-10-4-6-12-21(19)29-17)25-16-28(3,32-24-15-9-8-14-23(24)31-25)27-18(2)30-22-13-7-5-11-20(22)27/h4-15,29-30,32H,16H2,1-3H3/t28-/m1/s1. The van der Waals surface area contributed by atoms with Gasteiger partial charge in [0.1, 0.15) is 0 Å². The molecule has 0 unspecified atom stereocenters. The monoisotopic (exact) mass is 418 g/mol. The molecule has 5 aromatic rings. The van der Waals surface area contributed by atoms with Crippen LogP contribution in [0.3, 0.4) is 0 Å². The molecule has 3 heterocycles. The Morgan fingerprint density at radius 3 is 2.19 bits per heavy atom. The summed E-state index contributed by atoms with van der Waals surface area (Å²) in [6.45, 7) is 6.63. The quantitative estimate of drug-likeness (QED) is 0.281. The number of H-pyrrole nitrogens is 2. The summed E-state index contributed by atoms with van der Waals surface area (Å²) in [5, 5.41) is 6.37. The van der Waals surface area contributed by atoms with Gasteiger partial charge in [-0.05, 0) is 45.0 Å². The van der Waals surface area contributed by atoms with E-state index in [4.69, 9.17) is 4.99 Å². The molecule has 1 aliphatic rings. The van der Waals surface area contributed by atoms with E-state index in [0.717, 1.165) is 34.7 Å². The van der Waals surface area contributed by atoms with Crippen LogP contribution in [0.1, 0.15) is 35.9 Å². The summed E-state index contributed by atoms with van der Waals surface area (Å²) in [6, 6.07) is 25.4. The Morgan fingerprint density at radius 1 is 0.750 bits per heavy atom. The largest absolute Gasteiger partial charge is 0.374 e. The Labute approximate surface area is 187 Å². The Kier molecular flexibility index (Phi) is 4.06. The molecule has 4 heteroatoms. The molecule has 1 atom stereocenters. The second kappa shape index (κ2) is 6.86. The number of hydrogen-bond acceptors (Lipinski definition) is 2. The lowest BCUT2D eigenvalue weighted by molar-refractivity contribution is 0.572. The van der Waals surface area contributed by atoms with E-state index in [2.05, 4.69) is 109 Å². The van der Waals surface area contributed by atoms with Gasteiger partial charge >= 0.3 is 0 Å². The average Bonchev–Trinajstić information content (AvgIpc) is 3.24. The summed E-state index contributed by atoms with van der Waals surface area (Å²) in [5.74, 6) is 0. The second-order valence-corrected chi connectivity index (χ2v) is 9.05. The third-order valence-corrected chi connectivity index (χ3v) is 6.72. The fourth-order valence-corrected chi connectivity index (χ4v) is 5.47. The van der Waals surface area contributed by atoms with Crippen LogP contribution in [0.2, 0.25) is 0 Å². The van der Waals surface area contributed by atoms with Crippen molar-refractivity contribution in [2.24, 2.45) is 4.99 Å². The van der Waals surface area contributed by atoms with Crippen LogP contribution >= 0.6 is 0 Å². The molecule has 0 radical (unpaired) electrons.